The van der Waals surface area contributed by atoms with E-state index in [0.717, 1.165) is 0 Å². The summed E-state index contributed by atoms with van der Waals surface area (Å²) in [6.45, 7) is 0. The first kappa shape index (κ1) is 34.4. The molecule has 0 fully saturated rings. The molecule has 5 heteroatoms. The molecule has 5 heavy (non-hydrogen) atoms. The van der Waals surface area contributed by atoms with Crippen molar-refractivity contribution in [3.63, 3.8) is 0 Å². The fraction of sp³-hybridized carbons (Fsp3) is 0. The predicted molar refractivity (Wildman–Crippen MR) is 0 cm³/mol. The van der Waals surface area contributed by atoms with Gasteiger partial charge in [0.25, 0.3) is 0 Å². The van der Waals surface area contributed by atoms with Gasteiger partial charge >= 0.3 is 0 Å². The molecule has 0 saturated carbocycles. The van der Waals surface area contributed by atoms with Gasteiger partial charge in [-0.2, -0.15) is 0 Å². The molecule has 0 aliphatic rings. The molecule has 0 aliphatic heterocycles. The van der Waals surface area contributed by atoms with Crippen molar-refractivity contribution in [2.75, 3.05) is 0 Å². The summed E-state index contributed by atoms with van der Waals surface area (Å²) in [5.41, 5.74) is 0. The number of hydrogen-bond donors (Lipinski definition) is 0. The van der Waals surface area contributed by atoms with Crippen LogP contribution in [0, 0.1) is 77.3 Å². The van der Waals surface area contributed by atoms with Crippen LogP contribution >= 0.6 is 0 Å². The Morgan fingerprint density at radius 3 is 1.00 bits per heavy atom. The molecule has 0 unspecified atom stereocenters. The topological polar surface area (TPSA) is 0 Å². The van der Waals surface area contributed by atoms with E-state index in [4.69, 9.17) is 0 Å². The van der Waals surface area contributed by atoms with Crippen LogP contribution in [-0.4, -0.2) is 0 Å². The molecule has 0 aromatic heterocycles. The molecule has 0 nitrogen and oxygen atoms in total. The Balaban J connectivity index is 0. The third kappa shape index (κ3) is 17.8. The average Bonchev–Trinajstić information content (AvgIpc) is 0. The third-order valence-corrected chi connectivity index (χ3v) is 0. The first-order valence-electron chi connectivity index (χ1n) is 0. The minimum atomic E-state index is 0. The molecule has 0 atom stereocenters. The van der Waals surface area contributed by atoms with Crippen LogP contribution < -0.4 is 0 Å². The number of hydrogen-bond acceptors (Lipinski definition) is 0. The van der Waals surface area contributed by atoms with Crippen LogP contribution in [0.25, 0.3) is 0 Å². The zero-order chi connectivity index (χ0) is 0. The Hall–Kier alpha value is 4.36. The van der Waals surface area contributed by atoms with Gasteiger partial charge in [-0.1, -0.05) is 0 Å². The molecule has 0 N–H and O–H groups in total. The average molecular weight is 577 g/mol. The van der Waals surface area contributed by atoms with E-state index < -0.39 is 0 Å². The van der Waals surface area contributed by atoms with Crippen molar-refractivity contribution in [2.24, 2.45) is 0 Å². The monoisotopic (exact) mass is 577 g/mol. The molecule has 0 spiro atoms. The first-order valence-corrected chi connectivity index (χ1v) is 0. The van der Waals surface area contributed by atoms with Crippen molar-refractivity contribution >= 4 is 0 Å². The van der Waals surface area contributed by atoms with E-state index in [2.05, 4.69) is 0 Å². The Bertz CT molecular complexity index is 11.6. The van der Waals surface area contributed by atoms with Crippen molar-refractivity contribution in [1.29, 1.82) is 0 Å². The second-order valence-electron chi connectivity index (χ2n) is 0. The molecule has 0 aromatic rings. The number of rotatable bonds is 0. The maximum Gasteiger partial charge on any atom is 0 e. The van der Waals surface area contributed by atoms with E-state index in [0.29, 0.717) is 0 Å². The van der Waals surface area contributed by atoms with Gasteiger partial charge in [0.1, 0.15) is 0 Å². The smallest absolute Gasteiger partial charge is 0 e. The van der Waals surface area contributed by atoms with Crippen molar-refractivity contribution in [3.8, 4) is 0 Å². The van der Waals surface area contributed by atoms with Gasteiger partial charge in [-0.3, -0.25) is 0 Å². The van der Waals surface area contributed by atoms with Gasteiger partial charge in [0.05, 0.1) is 0 Å². The molecule has 0 saturated heterocycles. The van der Waals surface area contributed by atoms with E-state index >= 15 is 0 Å². The maximum atomic E-state index is 0. The summed E-state index contributed by atoms with van der Waals surface area (Å²) in [5.74, 6) is 0. The second kappa shape index (κ2) is 23.8. The van der Waals surface area contributed by atoms with E-state index in [-0.39, 0.29) is 134 Å². The maximum absolute atomic E-state index is 0. The van der Waals surface area contributed by atoms with E-state index in [1.807, 2.05) is 0 Å². The summed E-state index contributed by atoms with van der Waals surface area (Å²) in [6.07, 6.45) is 0. The van der Waals surface area contributed by atoms with Crippen LogP contribution in [0.3, 0.4) is 0 Å². The van der Waals surface area contributed by atoms with Gasteiger partial charge in [-0.05, 0) is 0 Å². The predicted octanol–water partition coefficient (Wildman–Crippen LogP) is -0.00750. The largest absolute Gasteiger partial charge is 0 e. The van der Waals surface area contributed by atoms with E-state index in [1.165, 1.54) is 0 Å². The van der Waals surface area contributed by atoms with Crippen LogP contribution in [-0.2, 0) is 56.7 Å². The Morgan fingerprint density at radius 1 is 1.00 bits per heavy atom. The zero-order valence-electron chi connectivity index (χ0n) is 2.23. The summed E-state index contributed by atoms with van der Waals surface area (Å²) >= 11 is 0. The summed E-state index contributed by atoms with van der Waals surface area (Å²) in [6, 6.07) is 0. The summed E-state index contributed by atoms with van der Waals surface area (Å²) in [7, 11) is 0. The third-order valence-electron chi connectivity index (χ3n) is 0. The van der Waals surface area contributed by atoms with Crippen LogP contribution in [0.1, 0.15) is 0 Å². The molecule has 3 radical (unpaired) electrons. The molecule has 0 aliphatic carbocycles. The normalized spacial score (nSPS) is 0. The minimum Gasteiger partial charge on any atom is 0 e. The minimum absolute atomic E-state index is 0. The molecule has 29 valence electrons. The molecular weight excluding hydrogens is 577 g/mol. The van der Waals surface area contributed by atoms with Crippen LogP contribution in [0.5, 0.6) is 0 Å². The van der Waals surface area contributed by atoms with Crippen molar-refractivity contribution in [3.05, 3.63) is 0 Å². The molecule has 0 bridgehead atoms. The Kier molecular flexibility index (Phi) is 164. The summed E-state index contributed by atoms with van der Waals surface area (Å²) < 4.78 is 0. The Morgan fingerprint density at radius 2 is 1.00 bits per heavy atom. The summed E-state index contributed by atoms with van der Waals surface area (Å²) in [5, 5.41) is 0. The van der Waals surface area contributed by atoms with Crippen molar-refractivity contribution < 1.29 is 134 Å². The Labute approximate surface area is 130 Å². The zero-order valence-corrected chi connectivity index (χ0v) is 14.3. The fourth-order valence-corrected chi connectivity index (χ4v) is 0. The van der Waals surface area contributed by atoms with Gasteiger partial charge in [-0.15, -0.1) is 0 Å². The van der Waals surface area contributed by atoms with Crippen LogP contribution in [0.15, 0.2) is 0 Å². The van der Waals surface area contributed by atoms with Gasteiger partial charge in [0, 0.05) is 134 Å². The van der Waals surface area contributed by atoms with Gasteiger partial charge in [-0.25, -0.2) is 0 Å². The van der Waals surface area contributed by atoms with Crippen molar-refractivity contribution in [2.45, 2.75) is 0 Å². The fourth-order valence-electron chi connectivity index (χ4n) is 0. The second-order valence-corrected chi connectivity index (χ2v) is 0. The molecular formula is CeCuLaVW. The quantitative estimate of drug-likeness (QED) is 0.356. The van der Waals surface area contributed by atoms with Crippen LogP contribution in [0.2, 0.25) is 0 Å². The van der Waals surface area contributed by atoms with E-state index in [9.17, 15) is 0 Å². The van der Waals surface area contributed by atoms with Gasteiger partial charge in [0.2, 0.25) is 0 Å². The SMILES string of the molecule is [Ce].[Cu].[La].[V].[W]. The molecule has 0 heterocycles. The summed E-state index contributed by atoms with van der Waals surface area (Å²) in [4.78, 5) is 0. The molecule has 0 aromatic carbocycles. The molecule has 0 amide bonds. The van der Waals surface area contributed by atoms with Crippen molar-refractivity contribution in [1.82, 2.24) is 0 Å². The van der Waals surface area contributed by atoms with Gasteiger partial charge < -0.3 is 0 Å². The van der Waals surface area contributed by atoms with Crippen LogP contribution in [0.4, 0.5) is 0 Å². The first-order chi connectivity index (χ1) is 0. The standard InChI is InChI=1S/Ce.Cu.La.V.W. The van der Waals surface area contributed by atoms with E-state index in [1.54, 1.807) is 0 Å². The van der Waals surface area contributed by atoms with Gasteiger partial charge in [0.15, 0.2) is 0 Å². The molecule has 0 rings (SSSR count).